The third-order valence-corrected chi connectivity index (χ3v) is 3.04. The van der Waals surface area contributed by atoms with Gasteiger partial charge in [0.1, 0.15) is 6.20 Å². The number of thiophene rings is 1. The van der Waals surface area contributed by atoms with Gasteiger partial charge in [-0.3, -0.25) is 10.1 Å². The highest BCUT2D eigenvalue weighted by Gasteiger charge is 2.07. The molecule has 0 unspecified atom stereocenters. The van der Waals surface area contributed by atoms with Crippen LogP contribution >= 0.6 is 22.9 Å². The molecule has 0 N–H and O–H groups in total. The quantitative estimate of drug-likeness (QED) is 0.597. The molecule has 2 rings (SSSR count). The third kappa shape index (κ3) is 2.14. The molecule has 15 heavy (non-hydrogen) atoms. The van der Waals surface area contributed by atoms with Gasteiger partial charge in [-0.15, -0.1) is 11.3 Å². The number of hydrogen-bond acceptors (Lipinski definition) is 4. The van der Waals surface area contributed by atoms with Crippen LogP contribution in [0.1, 0.15) is 0 Å². The summed E-state index contributed by atoms with van der Waals surface area (Å²) in [6.45, 7) is 0. The minimum absolute atomic E-state index is 0.0126. The van der Waals surface area contributed by atoms with E-state index in [1.54, 1.807) is 12.1 Å². The number of aromatic nitrogens is 1. The lowest BCUT2D eigenvalue weighted by Crippen LogP contribution is -1.89. The highest BCUT2D eigenvalue weighted by molar-refractivity contribution is 7.19. The summed E-state index contributed by atoms with van der Waals surface area (Å²) in [6, 6.07) is 6.64. The van der Waals surface area contributed by atoms with E-state index in [9.17, 15) is 10.1 Å². The Morgan fingerprint density at radius 3 is 2.60 bits per heavy atom. The van der Waals surface area contributed by atoms with E-state index in [-0.39, 0.29) is 5.69 Å². The Morgan fingerprint density at radius 1 is 1.33 bits per heavy atom. The first-order valence-electron chi connectivity index (χ1n) is 4.03. The fourth-order valence-corrected chi connectivity index (χ4v) is 2.11. The van der Waals surface area contributed by atoms with Gasteiger partial charge in [0.25, 0.3) is 5.69 Å². The smallest absolute Gasteiger partial charge is 0.258 e. The lowest BCUT2D eigenvalue weighted by Gasteiger charge is -1.94. The third-order valence-electron chi connectivity index (χ3n) is 1.78. The van der Waals surface area contributed by atoms with Gasteiger partial charge in [0.15, 0.2) is 0 Å². The molecule has 0 spiro atoms. The normalized spacial score (nSPS) is 10.2. The number of hydrogen-bond donors (Lipinski definition) is 0. The summed E-state index contributed by atoms with van der Waals surface area (Å²) in [6.07, 6.45) is 1.24. The van der Waals surface area contributed by atoms with Crippen molar-refractivity contribution in [3.8, 4) is 10.6 Å². The average molecular weight is 241 g/mol. The maximum Gasteiger partial charge on any atom is 0.287 e. The fourth-order valence-electron chi connectivity index (χ4n) is 1.09. The van der Waals surface area contributed by atoms with Crippen molar-refractivity contribution in [3.05, 3.63) is 44.9 Å². The molecule has 0 aliphatic rings. The molecule has 0 saturated carbocycles. The summed E-state index contributed by atoms with van der Waals surface area (Å²) < 4.78 is 0.671. The minimum atomic E-state index is -0.474. The molecule has 4 nitrogen and oxygen atoms in total. The van der Waals surface area contributed by atoms with Crippen molar-refractivity contribution < 1.29 is 4.92 Å². The zero-order valence-electron chi connectivity index (χ0n) is 7.38. The monoisotopic (exact) mass is 240 g/mol. The van der Waals surface area contributed by atoms with Gasteiger partial charge in [-0.1, -0.05) is 11.6 Å². The molecule has 2 heterocycles. The van der Waals surface area contributed by atoms with Gasteiger partial charge in [-0.25, -0.2) is 4.98 Å². The van der Waals surface area contributed by atoms with E-state index in [0.29, 0.717) is 10.0 Å². The van der Waals surface area contributed by atoms with Crippen LogP contribution in [0.4, 0.5) is 5.69 Å². The van der Waals surface area contributed by atoms with Crippen molar-refractivity contribution in [2.75, 3.05) is 0 Å². The highest BCUT2D eigenvalue weighted by atomic mass is 35.5. The topological polar surface area (TPSA) is 56.0 Å². The first-order chi connectivity index (χ1) is 7.16. The van der Waals surface area contributed by atoms with Gasteiger partial charge in [0.2, 0.25) is 0 Å². The molecule has 0 bridgehead atoms. The van der Waals surface area contributed by atoms with Gasteiger partial charge in [0, 0.05) is 6.07 Å². The van der Waals surface area contributed by atoms with Crippen LogP contribution in [0, 0.1) is 10.1 Å². The first kappa shape index (κ1) is 10.1. The Kier molecular flexibility index (Phi) is 2.66. The van der Waals surface area contributed by atoms with E-state index in [0.717, 1.165) is 4.88 Å². The second-order valence-electron chi connectivity index (χ2n) is 2.76. The van der Waals surface area contributed by atoms with Crippen LogP contribution < -0.4 is 0 Å². The zero-order chi connectivity index (χ0) is 10.8. The summed E-state index contributed by atoms with van der Waals surface area (Å²) in [5, 5.41) is 10.4. The van der Waals surface area contributed by atoms with E-state index >= 15 is 0 Å². The van der Waals surface area contributed by atoms with Crippen molar-refractivity contribution in [2.24, 2.45) is 0 Å². The standard InChI is InChI=1S/C9H5ClN2O2S/c10-9-4-3-8(15-9)7-2-1-6(5-11-7)12(13)14/h1-5H. The van der Waals surface area contributed by atoms with Crippen molar-refractivity contribution in [3.63, 3.8) is 0 Å². The molecule has 0 radical (unpaired) electrons. The number of nitrogens with zero attached hydrogens (tertiary/aromatic N) is 2. The van der Waals surface area contributed by atoms with Crippen LogP contribution in [0.2, 0.25) is 4.34 Å². The maximum absolute atomic E-state index is 10.4. The summed E-state index contributed by atoms with van der Waals surface area (Å²) in [5.74, 6) is 0. The molecule has 0 aliphatic carbocycles. The predicted octanol–water partition coefficient (Wildman–Crippen LogP) is 3.37. The van der Waals surface area contributed by atoms with Gasteiger partial charge < -0.3 is 0 Å². The molecule has 0 fully saturated rings. The molecule has 6 heteroatoms. The lowest BCUT2D eigenvalue weighted by atomic mass is 10.3. The molecule has 2 aromatic rings. The van der Waals surface area contributed by atoms with E-state index in [1.165, 1.54) is 23.6 Å². The van der Waals surface area contributed by atoms with Gasteiger partial charge >= 0.3 is 0 Å². The minimum Gasteiger partial charge on any atom is -0.258 e. The lowest BCUT2D eigenvalue weighted by molar-refractivity contribution is -0.385. The van der Waals surface area contributed by atoms with Gasteiger partial charge in [-0.05, 0) is 18.2 Å². The molecule has 0 aromatic carbocycles. The molecule has 2 aromatic heterocycles. The second kappa shape index (κ2) is 3.96. The van der Waals surface area contributed by atoms with Crippen LogP contribution in [-0.4, -0.2) is 9.91 Å². The van der Waals surface area contributed by atoms with Crippen LogP contribution in [0.5, 0.6) is 0 Å². The SMILES string of the molecule is O=[N+]([O-])c1ccc(-c2ccc(Cl)s2)nc1. The Bertz CT molecular complexity index is 495. The number of rotatable bonds is 2. The zero-order valence-corrected chi connectivity index (χ0v) is 8.96. The van der Waals surface area contributed by atoms with Gasteiger partial charge in [0.05, 0.1) is 19.8 Å². The van der Waals surface area contributed by atoms with E-state index in [2.05, 4.69) is 4.98 Å². The van der Waals surface area contributed by atoms with Crippen LogP contribution in [0.15, 0.2) is 30.5 Å². The molecule has 0 aliphatic heterocycles. The first-order valence-corrected chi connectivity index (χ1v) is 5.22. The highest BCUT2D eigenvalue weighted by Crippen LogP contribution is 2.30. The van der Waals surface area contributed by atoms with E-state index < -0.39 is 4.92 Å². The van der Waals surface area contributed by atoms with Crippen LogP contribution in [-0.2, 0) is 0 Å². The van der Waals surface area contributed by atoms with Crippen molar-refractivity contribution in [1.29, 1.82) is 0 Å². The molecular formula is C9H5ClN2O2S. The van der Waals surface area contributed by atoms with Crippen molar-refractivity contribution in [2.45, 2.75) is 0 Å². The second-order valence-corrected chi connectivity index (χ2v) is 4.48. The van der Waals surface area contributed by atoms with Crippen molar-refractivity contribution >= 4 is 28.6 Å². The predicted molar refractivity (Wildman–Crippen MR) is 59.2 cm³/mol. The molecular weight excluding hydrogens is 236 g/mol. The molecule has 76 valence electrons. The van der Waals surface area contributed by atoms with Gasteiger partial charge in [-0.2, -0.15) is 0 Å². The Hall–Kier alpha value is -1.46. The van der Waals surface area contributed by atoms with Crippen molar-refractivity contribution in [1.82, 2.24) is 4.98 Å². The van der Waals surface area contributed by atoms with E-state index in [4.69, 9.17) is 11.6 Å². The summed E-state index contributed by atoms with van der Waals surface area (Å²) in [4.78, 5) is 14.8. The molecule has 0 atom stereocenters. The number of nitro groups is 1. The number of pyridine rings is 1. The van der Waals surface area contributed by atoms with Crippen LogP contribution in [0.3, 0.4) is 0 Å². The number of halogens is 1. The van der Waals surface area contributed by atoms with Crippen LogP contribution in [0.25, 0.3) is 10.6 Å². The molecule has 0 saturated heterocycles. The summed E-state index contributed by atoms with van der Waals surface area (Å²) >= 11 is 7.16. The average Bonchev–Trinajstić information content (AvgIpc) is 2.65. The van der Waals surface area contributed by atoms with E-state index in [1.807, 2.05) is 6.07 Å². The summed E-state index contributed by atoms with van der Waals surface area (Å²) in [5.41, 5.74) is 0.680. The summed E-state index contributed by atoms with van der Waals surface area (Å²) in [7, 11) is 0. The Labute approximate surface area is 94.3 Å². The molecule has 0 amide bonds. The Balaban J connectivity index is 2.35. The Morgan fingerprint density at radius 2 is 2.13 bits per heavy atom. The maximum atomic E-state index is 10.4. The largest absolute Gasteiger partial charge is 0.287 e. The fraction of sp³-hybridized carbons (Fsp3) is 0.